The number of carbonyl (C=O) groups excluding carboxylic acids is 1. The Morgan fingerprint density at radius 2 is 1.96 bits per heavy atom. The fraction of sp³-hybridized carbons (Fsp3) is 0.286. The largest absolute Gasteiger partial charge is 0.573 e. The highest BCUT2D eigenvalue weighted by Crippen LogP contribution is 2.38. The first-order valence-corrected chi connectivity index (χ1v) is 8.00. The predicted molar refractivity (Wildman–Crippen MR) is 84.9 cm³/mol. The molecule has 7 nitrogen and oxygen atoms in total. The van der Waals surface area contributed by atoms with E-state index in [0.29, 0.717) is 12.1 Å². The van der Waals surface area contributed by atoms with Gasteiger partial charge in [-0.1, -0.05) is 11.8 Å². The third kappa shape index (κ3) is 6.14. The molecule has 0 aromatic heterocycles. The van der Waals surface area contributed by atoms with Crippen LogP contribution < -0.4 is 10.1 Å². The zero-order chi connectivity index (χ0) is 21.1. The van der Waals surface area contributed by atoms with Crippen LogP contribution >= 0.6 is 11.8 Å². The van der Waals surface area contributed by atoms with Gasteiger partial charge < -0.3 is 15.2 Å². The minimum atomic E-state index is -5.30. The van der Waals surface area contributed by atoms with Crippen molar-refractivity contribution in [2.45, 2.75) is 24.2 Å². The van der Waals surface area contributed by atoms with Crippen molar-refractivity contribution < 1.29 is 45.8 Å². The van der Waals surface area contributed by atoms with Crippen molar-refractivity contribution in [3.05, 3.63) is 29.3 Å². The van der Waals surface area contributed by atoms with E-state index in [0.717, 1.165) is 24.0 Å². The van der Waals surface area contributed by atoms with Crippen LogP contribution in [0.1, 0.15) is 17.5 Å². The van der Waals surface area contributed by atoms with Gasteiger partial charge in [-0.15, -0.1) is 18.3 Å². The van der Waals surface area contributed by atoms with Crippen LogP contribution in [0.2, 0.25) is 0 Å². The van der Waals surface area contributed by atoms with Crippen molar-refractivity contribution >= 4 is 35.0 Å². The standard InChI is InChI=1S/C14H9F6N3O4S/c15-13(16,17)7-3-6(1-2-8(7)27-14(18,19)20)5-21-23-12-22-11(26)9(28-12)4-10(24)25/h1-3,5,9H,4H2,(H,24,25)(H,22,23,26). The molecule has 1 fully saturated rings. The lowest BCUT2D eigenvalue weighted by molar-refractivity contribution is -0.276. The number of thioether (sulfide) groups is 1. The molecule has 2 N–H and O–H groups in total. The second-order valence-corrected chi connectivity index (χ2v) is 6.34. The normalized spacial score (nSPS) is 19.3. The minimum absolute atomic E-state index is 0.0689. The maximum Gasteiger partial charge on any atom is 0.573 e. The topological polar surface area (TPSA) is 100 Å². The Bertz CT molecular complexity index is 837. The lowest BCUT2D eigenvalue weighted by Gasteiger charge is -2.15. The molecule has 0 bridgehead atoms. The Morgan fingerprint density at radius 3 is 2.54 bits per heavy atom. The molecule has 0 aliphatic carbocycles. The molecule has 0 saturated carbocycles. The Labute approximate surface area is 156 Å². The number of hydrogen-bond acceptors (Lipinski definition) is 6. The minimum Gasteiger partial charge on any atom is -0.481 e. The lowest BCUT2D eigenvalue weighted by Crippen LogP contribution is -2.26. The summed E-state index contributed by atoms with van der Waals surface area (Å²) in [6, 6.07) is 1.77. The summed E-state index contributed by atoms with van der Waals surface area (Å²) in [5.41, 5.74) is -1.89. The van der Waals surface area contributed by atoms with Gasteiger partial charge in [0.25, 0.3) is 0 Å². The van der Waals surface area contributed by atoms with Gasteiger partial charge in [-0.25, -0.2) is 0 Å². The van der Waals surface area contributed by atoms with E-state index in [4.69, 9.17) is 5.11 Å². The van der Waals surface area contributed by atoms with E-state index in [9.17, 15) is 35.9 Å². The van der Waals surface area contributed by atoms with Crippen LogP contribution in [0.25, 0.3) is 0 Å². The van der Waals surface area contributed by atoms with E-state index >= 15 is 0 Å². The first-order valence-electron chi connectivity index (χ1n) is 7.12. The van der Waals surface area contributed by atoms with Crippen LogP contribution in [0.3, 0.4) is 0 Å². The molecule has 1 aliphatic heterocycles. The highest BCUT2D eigenvalue weighted by molar-refractivity contribution is 8.15. The maximum absolute atomic E-state index is 12.9. The molecule has 0 radical (unpaired) electrons. The van der Waals surface area contributed by atoms with Crippen molar-refractivity contribution in [1.29, 1.82) is 0 Å². The number of ether oxygens (including phenoxy) is 1. The average Bonchev–Trinajstić information content (AvgIpc) is 2.85. The molecule has 1 aromatic rings. The second-order valence-electron chi connectivity index (χ2n) is 5.14. The van der Waals surface area contributed by atoms with Crippen LogP contribution in [0, 0.1) is 0 Å². The van der Waals surface area contributed by atoms with Gasteiger partial charge in [-0.3, -0.25) is 9.59 Å². The molecule has 0 spiro atoms. The monoisotopic (exact) mass is 429 g/mol. The summed E-state index contributed by atoms with van der Waals surface area (Å²) in [7, 11) is 0. The number of halogens is 6. The number of carboxylic acid groups (broad SMARTS) is 1. The SMILES string of the molecule is O=C(O)CC1SC(=NN=Cc2ccc(OC(F)(F)F)c(C(F)(F)F)c2)NC1=O. The maximum atomic E-state index is 12.9. The third-order valence-electron chi connectivity index (χ3n) is 3.03. The van der Waals surface area contributed by atoms with E-state index in [-0.39, 0.29) is 10.7 Å². The zero-order valence-corrected chi connectivity index (χ0v) is 14.2. The second kappa shape index (κ2) is 8.08. The van der Waals surface area contributed by atoms with Crippen LogP contribution in [0.15, 0.2) is 28.4 Å². The fourth-order valence-electron chi connectivity index (χ4n) is 1.96. The van der Waals surface area contributed by atoms with Crippen molar-refractivity contribution in [3.8, 4) is 5.75 Å². The first kappa shape index (κ1) is 21.5. The van der Waals surface area contributed by atoms with E-state index in [1.165, 1.54) is 0 Å². The van der Waals surface area contributed by atoms with Crippen molar-refractivity contribution in [3.63, 3.8) is 0 Å². The molecule has 1 amide bonds. The van der Waals surface area contributed by atoms with Crippen LogP contribution in [0.4, 0.5) is 26.3 Å². The van der Waals surface area contributed by atoms with Crippen molar-refractivity contribution in [2.75, 3.05) is 0 Å². The molecule has 1 aliphatic rings. The molecular weight excluding hydrogens is 420 g/mol. The van der Waals surface area contributed by atoms with Gasteiger partial charge in [0.2, 0.25) is 5.91 Å². The number of nitrogens with zero attached hydrogens (tertiary/aromatic N) is 2. The van der Waals surface area contributed by atoms with Crippen molar-refractivity contribution in [1.82, 2.24) is 5.32 Å². The van der Waals surface area contributed by atoms with Crippen LogP contribution in [-0.2, 0) is 15.8 Å². The summed E-state index contributed by atoms with van der Waals surface area (Å²) in [4.78, 5) is 22.1. The third-order valence-corrected chi connectivity index (χ3v) is 4.10. The van der Waals surface area contributed by atoms with Gasteiger partial charge in [-0.2, -0.15) is 18.3 Å². The van der Waals surface area contributed by atoms with E-state index in [1.807, 2.05) is 0 Å². The molecule has 1 atom stereocenters. The number of nitrogens with one attached hydrogen (secondary N) is 1. The summed E-state index contributed by atoms with van der Waals surface area (Å²) in [6.45, 7) is 0. The average molecular weight is 429 g/mol. The molecule has 14 heteroatoms. The number of carbonyl (C=O) groups is 2. The highest BCUT2D eigenvalue weighted by Gasteiger charge is 2.39. The van der Waals surface area contributed by atoms with Gasteiger partial charge in [0.05, 0.1) is 18.2 Å². The van der Waals surface area contributed by atoms with Crippen LogP contribution in [-0.4, -0.2) is 40.0 Å². The number of amidine groups is 1. The number of hydrogen-bond donors (Lipinski definition) is 2. The highest BCUT2D eigenvalue weighted by atomic mass is 32.2. The quantitative estimate of drug-likeness (QED) is 0.426. The molecule has 28 heavy (non-hydrogen) atoms. The Kier molecular flexibility index (Phi) is 6.21. The lowest BCUT2D eigenvalue weighted by atomic mass is 10.1. The number of benzene rings is 1. The molecule has 1 saturated heterocycles. The molecule has 1 unspecified atom stereocenters. The Hall–Kier alpha value is -2.77. The number of aliphatic carboxylic acids is 1. The molecule has 2 rings (SSSR count). The van der Waals surface area contributed by atoms with E-state index in [2.05, 4.69) is 20.3 Å². The van der Waals surface area contributed by atoms with Gasteiger partial charge in [0, 0.05) is 0 Å². The number of rotatable bonds is 5. The first-order chi connectivity index (χ1) is 12.8. The molecule has 152 valence electrons. The number of alkyl halides is 6. The van der Waals surface area contributed by atoms with Gasteiger partial charge in [0.15, 0.2) is 5.17 Å². The summed E-state index contributed by atoms with van der Waals surface area (Å²) >= 11 is 0.768. The van der Waals surface area contributed by atoms with Gasteiger partial charge in [-0.05, 0) is 23.8 Å². The summed E-state index contributed by atoms with van der Waals surface area (Å²) in [6.07, 6.45) is -10.1. The summed E-state index contributed by atoms with van der Waals surface area (Å²) in [5.74, 6) is -3.24. The van der Waals surface area contributed by atoms with E-state index < -0.39 is 47.4 Å². The summed E-state index contributed by atoms with van der Waals surface area (Å²) < 4.78 is 78.9. The number of amides is 1. The molecule has 1 heterocycles. The van der Waals surface area contributed by atoms with Crippen molar-refractivity contribution in [2.24, 2.45) is 10.2 Å². The van der Waals surface area contributed by atoms with Crippen LogP contribution in [0.5, 0.6) is 5.75 Å². The van der Waals surface area contributed by atoms with Gasteiger partial charge >= 0.3 is 18.5 Å². The molecule has 1 aromatic carbocycles. The zero-order valence-electron chi connectivity index (χ0n) is 13.3. The van der Waals surface area contributed by atoms with Gasteiger partial charge in [0.1, 0.15) is 11.0 Å². The predicted octanol–water partition coefficient (Wildman–Crippen LogP) is 3.00. The van der Waals surface area contributed by atoms with E-state index in [1.54, 1.807) is 0 Å². The summed E-state index contributed by atoms with van der Waals surface area (Å²) in [5, 5.41) is 16.9. The molecular formula is C14H9F6N3O4S. The number of carboxylic acids is 1. The smallest absolute Gasteiger partial charge is 0.481 e. The Morgan fingerprint density at radius 1 is 1.29 bits per heavy atom. The fourth-order valence-corrected chi connectivity index (χ4v) is 2.87. The Balaban J connectivity index is 2.18.